The molecular weight excluding hydrogens is 208 g/mol. The van der Waals surface area contributed by atoms with E-state index in [-0.39, 0.29) is 18.1 Å². The third kappa shape index (κ3) is 4.08. The van der Waals surface area contributed by atoms with Crippen LogP contribution in [0.1, 0.15) is 19.8 Å². The monoisotopic (exact) mass is 230 g/mol. The molecule has 0 aromatic carbocycles. The van der Waals surface area contributed by atoms with Gasteiger partial charge in [-0.15, -0.1) is 0 Å². The Hall–Kier alpha value is -0.650. The van der Waals surface area contributed by atoms with Crippen LogP contribution in [0.15, 0.2) is 0 Å². The number of aliphatic hydroxyl groups excluding tert-OH is 1. The largest absolute Gasteiger partial charge is 0.392 e. The van der Waals surface area contributed by atoms with E-state index in [1.807, 2.05) is 11.8 Å². The Kier molecular flexibility index (Phi) is 5.73. The molecule has 16 heavy (non-hydrogen) atoms. The maximum absolute atomic E-state index is 11.7. The number of ether oxygens (including phenoxy) is 1. The minimum absolute atomic E-state index is 0.0326. The fourth-order valence-electron chi connectivity index (χ4n) is 1.86. The standard InChI is InChI=1S/C11H22N2O3/c1-9(13-6-4-10(14)8-13)11(15)12-5-3-7-16-2/h9-10,14H,3-8H2,1-2H3,(H,12,15)/t9?,10-/m1/s1. The van der Waals surface area contributed by atoms with Crippen LogP contribution in [-0.2, 0) is 9.53 Å². The van der Waals surface area contributed by atoms with Gasteiger partial charge in [0.2, 0.25) is 5.91 Å². The lowest BCUT2D eigenvalue weighted by Crippen LogP contribution is -2.44. The van der Waals surface area contributed by atoms with Crippen LogP contribution in [0.4, 0.5) is 0 Å². The first-order valence-corrected chi connectivity index (χ1v) is 5.84. The normalized spacial score (nSPS) is 23.3. The predicted octanol–water partition coefficient (Wildman–Crippen LogP) is -0.406. The van der Waals surface area contributed by atoms with Crippen molar-refractivity contribution in [2.45, 2.75) is 31.9 Å². The highest BCUT2D eigenvalue weighted by Crippen LogP contribution is 2.12. The quantitative estimate of drug-likeness (QED) is 0.609. The van der Waals surface area contributed by atoms with Gasteiger partial charge in [-0.25, -0.2) is 0 Å². The highest BCUT2D eigenvalue weighted by atomic mass is 16.5. The van der Waals surface area contributed by atoms with Gasteiger partial charge in [-0.2, -0.15) is 0 Å². The highest BCUT2D eigenvalue weighted by Gasteiger charge is 2.27. The number of carbonyl (C=O) groups excluding carboxylic acids is 1. The number of nitrogens with one attached hydrogen (secondary N) is 1. The Labute approximate surface area is 96.8 Å². The molecule has 1 amide bonds. The molecule has 1 aliphatic rings. The van der Waals surface area contributed by atoms with Crippen molar-refractivity contribution in [3.05, 3.63) is 0 Å². The molecule has 0 aliphatic carbocycles. The van der Waals surface area contributed by atoms with E-state index in [2.05, 4.69) is 5.32 Å². The molecule has 1 fully saturated rings. The number of methoxy groups -OCH3 is 1. The fraction of sp³-hybridized carbons (Fsp3) is 0.909. The van der Waals surface area contributed by atoms with Crippen molar-refractivity contribution in [3.8, 4) is 0 Å². The Balaban J connectivity index is 2.20. The van der Waals surface area contributed by atoms with Crippen molar-refractivity contribution in [1.82, 2.24) is 10.2 Å². The maximum atomic E-state index is 11.7. The van der Waals surface area contributed by atoms with Crippen molar-refractivity contribution in [2.24, 2.45) is 0 Å². The summed E-state index contributed by atoms with van der Waals surface area (Å²) in [5, 5.41) is 12.3. The second kappa shape index (κ2) is 6.83. The van der Waals surface area contributed by atoms with Crippen LogP contribution < -0.4 is 5.32 Å². The maximum Gasteiger partial charge on any atom is 0.237 e. The second-order valence-corrected chi connectivity index (χ2v) is 4.25. The van der Waals surface area contributed by atoms with E-state index in [9.17, 15) is 9.90 Å². The molecule has 0 spiro atoms. The Morgan fingerprint density at radius 2 is 2.44 bits per heavy atom. The number of carbonyl (C=O) groups is 1. The fourth-order valence-corrected chi connectivity index (χ4v) is 1.86. The lowest BCUT2D eigenvalue weighted by atomic mass is 10.2. The average molecular weight is 230 g/mol. The van der Waals surface area contributed by atoms with Crippen LogP contribution >= 0.6 is 0 Å². The van der Waals surface area contributed by atoms with Gasteiger partial charge in [0.25, 0.3) is 0 Å². The van der Waals surface area contributed by atoms with Crippen molar-refractivity contribution in [3.63, 3.8) is 0 Å². The summed E-state index contributed by atoms with van der Waals surface area (Å²) < 4.78 is 4.90. The molecule has 5 nitrogen and oxygen atoms in total. The predicted molar refractivity (Wildman–Crippen MR) is 61.2 cm³/mol. The minimum Gasteiger partial charge on any atom is -0.392 e. The van der Waals surface area contributed by atoms with E-state index in [0.717, 1.165) is 19.4 Å². The summed E-state index contributed by atoms with van der Waals surface area (Å²) in [6, 6.07) is -0.153. The smallest absolute Gasteiger partial charge is 0.237 e. The number of amides is 1. The number of likely N-dealkylation sites (tertiary alicyclic amines) is 1. The lowest BCUT2D eigenvalue weighted by Gasteiger charge is -2.22. The van der Waals surface area contributed by atoms with Gasteiger partial charge in [-0.3, -0.25) is 9.69 Å². The molecule has 0 bridgehead atoms. The second-order valence-electron chi connectivity index (χ2n) is 4.25. The number of nitrogens with zero attached hydrogens (tertiary/aromatic N) is 1. The molecule has 2 atom stereocenters. The molecule has 0 aromatic heterocycles. The molecule has 1 unspecified atom stereocenters. The van der Waals surface area contributed by atoms with E-state index in [1.54, 1.807) is 7.11 Å². The molecule has 1 saturated heterocycles. The molecular formula is C11H22N2O3. The van der Waals surface area contributed by atoms with Gasteiger partial charge in [0, 0.05) is 33.4 Å². The van der Waals surface area contributed by atoms with Crippen molar-refractivity contribution in [1.29, 1.82) is 0 Å². The third-order valence-corrected chi connectivity index (χ3v) is 2.95. The van der Waals surface area contributed by atoms with Gasteiger partial charge >= 0.3 is 0 Å². The summed E-state index contributed by atoms with van der Waals surface area (Å²) in [5.41, 5.74) is 0. The molecule has 1 aliphatic heterocycles. The third-order valence-electron chi connectivity index (χ3n) is 2.95. The van der Waals surface area contributed by atoms with Gasteiger partial charge in [-0.05, 0) is 19.8 Å². The van der Waals surface area contributed by atoms with E-state index in [1.165, 1.54) is 0 Å². The zero-order chi connectivity index (χ0) is 12.0. The Bertz CT molecular complexity index is 223. The summed E-state index contributed by atoms with van der Waals surface area (Å²) in [5.74, 6) is 0.0326. The van der Waals surface area contributed by atoms with Crippen molar-refractivity contribution >= 4 is 5.91 Å². The van der Waals surface area contributed by atoms with Crippen molar-refractivity contribution < 1.29 is 14.6 Å². The summed E-state index contributed by atoms with van der Waals surface area (Å²) in [6.07, 6.45) is 1.32. The number of aliphatic hydroxyl groups is 1. The summed E-state index contributed by atoms with van der Waals surface area (Å²) in [7, 11) is 1.65. The number of rotatable bonds is 6. The number of hydrogen-bond acceptors (Lipinski definition) is 4. The van der Waals surface area contributed by atoms with E-state index in [0.29, 0.717) is 19.7 Å². The average Bonchev–Trinajstić information content (AvgIpc) is 2.70. The first-order valence-electron chi connectivity index (χ1n) is 5.84. The number of β-amino-alcohol motifs (C(OH)–C–C–N with tert-alkyl or cyclic N) is 1. The summed E-state index contributed by atoms with van der Waals surface area (Å²) in [4.78, 5) is 13.7. The van der Waals surface area contributed by atoms with Gasteiger partial charge in [0.05, 0.1) is 12.1 Å². The van der Waals surface area contributed by atoms with Crippen LogP contribution in [-0.4, -0.2) is 61.4 Å². The van der Waals surface area contributed by atoms with Gasteiger partial charge in [0.15, 0.2) is 0 Å². The summed E-state index contributed by atoms with van der Waals surface area (Å²) >= 11 is 0. The van der Waals surface area contributed by atoms with E-state index >= 15 is 0 Å². The van der Waals surface area contributed by atoms with Gasteiger partial charge in [0.1, 0.15) is 0 Å². The summed E-state index contributed by atoms with van der Waals surface area (Å²) in [6.45, 7) is 4.59. The molecule has 0 radical (unpaired) electrons. The Morgan fingerprint density at radius 1 is 1.69 bits per heavy atom. The van der Waals surface area contributed by atoms with Gasteiger partial charge in [-0.1, -0.05) is 0 Å². The molecule has 2 N–H and O–H groups in total. The molecule has 5 heteroatoms. The van der Waals surface area contributed by atoms with Crippen molar-refractivity contribution in [2.75, 3.05) is 33.4 Å². The van der Waals surface area contributed by atoms with Crippen LogP contribution in [0.5, 0.6) is 0 Å². The van der Waals surface area contributed by atoms with Gasteiger partial charge < -0.3 is 15.2 Å². The molecule has 1 heterocycles. The van der Waals surface area contributed by atoms with Crippen LogP contribution in [0.2, 0.25) is 0 Å². The number of hydrogen-bond donors (Lipinski definition) is 2. The zero-order valence-electron chi connectivity index (χ0n) is 10.1. The molecule has 0 saturated carbocycles. The van der Waals surface area contributed by atoms with Crippen LogP contribution in [0.3, 0.4) is 0 Å². The minimum atomic E-state index is -0.274. The first kappa shape index (κ1) is 13.4. The Morgan fingerprint density at radius 3 is 3.00 bits per heavy atom. The topological polar surface area (TPSA) is 61.8 Å². The first-order chi connectivity index (χ1) is 7.65. The lowest BCUT2D eigenvalue weighted by molar-refractivity contribution is -0.125. The molecule has 94 valence electrons. The van der Waals surface area contributed by atoms with E-state index in [4.69, 9.17) is 4.74 Å². The molecule has 1 rings (SSSR count). The van der Waals surface area contributed by atoms with Crippen LogP contribution in [0, 0.1) is 0 Å². The molecule has 0 aromatic rings. The van der Waals surface area contributed by atoms with Crippen LogP contribution in [0.25, 0.3) is 0 Å². The zero-order valence-corrected chi connectivity index (χ0v) is 10.1. The van der Waals surface area contributed by atoms with E-state index < -0.39 is 0 Å². The SMILES string of the molecule is COCCCNC(=O)C(C)N1CC[C@@H](O)C1. The highest BCUT2D eigenvalue weighted by molar-refractivity contribution is 5.81.